The molecule has 18 heavy (non-hydrogen) atoms. The number of carbonyl (C=O) groups is 1. The Balaban J connectivity index is 3.14. The smallest absolute Gasteiger partial charge is 0.226 e. The number of amides is 1. The molecule has 100 valence electrons. The summed E-state index contributed by atoms with van der Waals surface area (Å²) in [5.74, 6) is -11.7. The summed E-state index contributed by atoms with van der Waals surface area (Å²) in [5, 5.41) is 1.60. The van der Waals surface area contributed by atoms with E-state index in [0.717, 1.165) is 0 Å². The summed E-state index contributed by atoms with van der Waals surface area (Å²) in [5.41, 5.74) is 3.87. The van der Waals surface area contributed by atoms with E-state index in [9.17, 15) is 26.7 Å². The summed E-state index contributed by atoms with van der Waals surface area (Å²) in [6.45, 7) is 1.44. The highest BCUT2D eigenvalue weighted by atomic mass is 19.2. The van der Waals surface area contributed by atoms with Gasteiger partial charge in [-0.25, -0.2) is 22.0 Å². The van der Waals surface area contributed by atoms with Crippen LogP contribution in [0.1, 0.15) is 13.3 Å². The Morgan fingerprint density at radius 1 is 1.06 bits per heavy atom. The highest BCUT2D eigenvalue weighted by Crippen LogP contribution is 2.27. The Morgan fingerprint density at radius 2 is 1.44 bits per heavy atom. The minimum Gasteiger partial charge on any atom is -0.327 e. The zero-order valence-corrected chi connectivity index (χ0v) is 9.16. The second-order valence-electron chi connectivity index (χ2n) is 3.67. The molecule has 0 aliphatic rings. The average Bonchev–Trinajstić information content (AvgIpc) is 2.29. The summed E-state index contributed by atoms with van der Waals surface area (Å²) < 4.78 is 64.5. The molecular weight excluding hydrogens is 259 g/mol. The monoisotopic (exact) mass is 268 g/mol. The van der Waals surface area contributed by atoms with Crippen LogP contribution in [0, 0.1) is 29.1 Å². The molecule has 3 nitrogen and oxygen atoms in total. The van der Waals surface area contributed by atoms with E-state index in [1.807, 2.05) is 0 Å². The van der Waals surface area contributed by atoms with Gasteiger partial charge in [-0.1, -0.05) is 0 Å². The van der Waals surface area contributed by atoms with Gasteiger partial charge in [0.1, 0.15) is 5.69 Å². The van der Waals surface area contributed by atoms with Gasteiger partial charge in [-0.05, 0) is 6.92 Å². The Labute approximate surface area is 98.8 Å². The Bertz CT molecular complexity index is 461. The fraction of sp³-hybridized carbons (Fsp3) is 0.300. The number of rotatable bonds is 3. The first-order valence-corrected chi connectivity index (χ1v) is 4.82. The van der Waals surface area contributed by atoms with Crippen molar-refractivity contribution in [1.82, 2.24) is 0 Å². The third kappa shape index (κ3) is 2.76. The number of anilines is 1. The molecular formula is C10H9F5N2O. The molecule has 0 heterocycles. The van der Waals surface area contributed by atoms with Crippen LogP contribution in [-0.4, -0.2) is 11.9 Å². The van der Waals surface area contributed by atoms with E-state index < -0.39 is 46.7 Å². The topological polar surface area (TPSA) is 55.1 Å². The SMILES string of the molecule is CC(N)CC(=O)Nc1c(F)c(F)c(F)c(F)c1F. The highest BCUT2D eigenvalue weighted by Gasteiger charge is 2.26. The van der Waals surface area contributed by atoms with Crippen molar-refractivity contribution in [3.05, 3.63) is 29.1 Å². The molecule has 0 saturated heterocycles. The number of benzene rings is 1. The van der Waals surface area contributed by atoms with Crippen molar-refractivity contribution in [2.75, 3.05) is 5.32 Å². The minimum atomic E-state index is -2.28. The molecule has 1 aromatic rings. The molecule has 1 amide bonds. The maximum Gasteiger partial charge on any atom is 0.226 e. The third-order valence-corrected chi connectivity index (χ3v) is 1.98. The highest BCUT2D eigenvalue weighted by molar-refractivity contribution is 5.91. The van der Waals surface area contributed by atoms with Crippen molar-refractivity contribution in [2.24, 2.45) is 5.73 Å². The number of halogens is 5. The summed E-state index contributed by atoms with van der Waals surface area (Å²) in [6.07, 6.45) is -0.320. The lowest BCUT2D eigenvalue weighted by Crippen LogP contribution is -2.25. The second kappa shape index (κ2) is 5.30. The number of nitrogens with two attached hydrogens (primary N) is 1. The molecule has 0 aromatic heterocycles. The molecule has 0 spiro atoms. The largest absolute Gasteiger partial charge is 0.327 e. The predicted molar refractivity (Wildman–Crippen MR) is 53.1 cm³/mol. The third-order valence-electron chi connectivity index (χ3n) is 1.98. The van der Waals surface area contributed by atoms with E-state index in [1.165, 1.54) is 6.92 Å². The van der Waals surface area contributed by atoms with Gasteiger partial charge in [0.15, 0.2) is 23.3 Å². The molecule has 3 N–H and O–H groups in total. The molecule has 0 saturated carbocycles. The standard InChI is InChI=1S/C10H9F5N2O/c1-3(16)2-4(18)17-10-8(14)6(12)5(11)7(13)9(10)15/h3H,2,16H2,1H3,(H,17,18). The maximum atomic E-state index is 13.1. The molecule has 8 heteroatoms. The Hall–Kier alpha value is -1.70. The van der Waals surface area contributed by atoms with E-state index in [4.69, 9.17) is 5.73 Å². The van der Waals surface area contributed by atoms with Crippen LogP contribution in [-0.2, 0) is 4.79 Å². The normalized spacial score (nSPS) is 12.4. The minimum absolute atomic E-state index is 0.320. The van der Waals surface area contributed by atoms with Gasteiger partial charge in [0, 0.05) is 12.5 Å². The fourth-order valence-electron chi connectivity index (χ4n) is 1.20. The molecule has 1 rings (SSSR count). The van der Waals surface area contributed by atoms with Crippen LogP contribution in [0.5, 0.6) is 0 Å². The van der Waals surface area contributed by atoms with Gasteiger partial charge in [0.2, 0.25) is 11.7 Å². The van der Waals surface area contributed by atoms with Crippen molar-refractivity contribution in [3.8, 4) is 0 Å². The maximum absolute atomic E-state index is 13.1. The molecule has 0 aliphatic carbocycles. The van der Waals surface area contributed by atoms with E-state index in [0.29, 0.717) is 0 Å². The molecule has 1 aromatic carbocycles. The van der Waals surface area contributed by atoms with Crippen LogP contribution >= 0.6 is 0 Å². The van der Waals surface area contributed by atoms with Crippen LogP contribution in [0.4, 0.5) is 27.6 Å². The lowest BCUT2D eigenvalue weighted by atomic mass is 10.2. The van der Waals surface area contributed by atoms with Crippen LogP contribution < -0.4 is 11.1 Å². The van der Waals surface area contributed by atoms with Crippen LogP contribution in [0.15, 0.2) is 0 Å². The van der Waals surface area contributed by atoms with Gasteiger partial charge >= 0.3 is 0 Å². The first-order chi connectivity index (χ1) is 8.25. The van der Waals surface area contributed by atoms with Crippen molar-refractivity contribution in [2.45, 2.75) is 19.4 Å². The Kier molecular flexibility index (Phi) is 4.23. The van der Waals surface area contributed by atoms with Crippen molar-refractivity contribution in [3.63, 3.8) is 0 Å². The van der Waals surface area contributed by atoms with Gasteiger partial charge in [0.25, 0.3) is 0 Å². The van der Waals surface area contributed by atoms with Crippen molar-refractivity contribution in [1.29, 1.82) is 0 Å². The molecule has 0 bridgehead atoms. The Morgan fingerprint density at radius 3 is 1.83 bits per heavy atom. The van der Waals surface area contributed by atoms with Crippen molar-refractivity contribution < 1.29 is 26.7 Å². The number of hydrogen-bond donors (Lipinski definition) is 2. The van der Waals surface area contributed by atoms with E-state index in [-0.39, 0.29) is 6.42 Å². The molecule has 0 aliphatic heterocycles. The van der Waals surface area contributed by atoms with Gasteiger partial charge in [-0.2, -0.15) is 0 Å². The summed E-state index contributed by atoms with van der Waals surface area (Å²) >= 11 is 0. The predicted octanol–water partition coefficient (Wildman–Crippen LogP) is 2.06. The van der Waals surface area contributed by atoms with Crippen LogP contribution in [0.25, 0.3) is 0 Å². The molecule has 1 atom stereocenters. The molecule has 0 fully saturated rings. The average molecular weight is 268 g/mol. The lowest BCUT2D eigenvalue weighted by molar-refractivity contribution is -0.116. The van der Waals surface area contributed by atoms with E-state index in [1.54, 1.807) is 5.32 Å². The van der Waals surface area contributed by atoms with E-state index >= 15 is 0 Å². The van der Waals surface area contributed by atoms with Gasteiger partial charge in [-0.15, -0.1) is 0 Å². The zero-order chi connectivity index (χ0) is 14.0. The second-order valence-corrected chi connectivity index (χ2v) is 3.67. The number of hydrogen-bond acceptors (Lipinski definition) is 2. The van der Waals surface area contributed by atoms with E-state index in [2.05, 4.69) is 0 Å². The molecule has 1 unspecified atom stereocenters. The summed E-state index contributed by atoms with van der Waals surface area (Å²) in [4.78, 5) is 11.2. The number of carbonyl (C=O) groups excluding carboxylic acids is 1. The zero-order valence-electron chi connectivity index (χ0n) is 9.16. The number of nitrogens with one attached hydrogen (secondary N) is 1. The lowest BCUT2D eigenvalue weighted by Gasteiger charge is -2.10. The van der Waals surface area contributed by atoms with Crippen LogP contribution in [0.3, 0.4) is 0 Å². The summed E-state index contributed by atoms with van der Waals surface area (Å²) in [6, 6.07) is -0.619. The quantitative estimate of drug-likeness (QED) is 0.501. The fourth-order valence-corrected chi connectivity index (χ4v) is 1.20. The van der Waals surface area contributed by atoms with Crippen molar-refractivity contribution >= 4 is 11.6 Å². The first kappa shape index (κ1) is 14.4. The summed E-state index contributed by atoms with van der Waals surface area (Å²) in [7, 11) is 0. The van der Waals surface area contributed by atoms with Gasteiger partial charge in [0.05, 0.1) is 0 Å². The van der Waals surface area contributed by atoms with Gasteiger partial charge < -0.3 is 11.1 Å². The first-order valence-electron chi connectivity index (χ1n) is 4.82. The van der Waals surface area contributed by atoms with Gasteiger partial charge in [-0.3, -0.25) is 4.79 Å². The molecule has 0 radical (unpaired) electrons. The van der Waals surface area contributed by atoms with Crippen LogP contribution in [0.2, 0.25) is 0 Å².